The molecule has 122 valence electrons. The summed E-state index contributed by atoms with van der Waals surface area (Å²) < 4.78 is 5.06. The van der Waals surface area contributed by atoms with Gasteiger partial charge in [-0.3, -0.25) is 4.99 Å². The Labute approximate surface area is 141 Å². The topological polar surface area (TPSA) is 48.9 Å². The summed E-state index contributed by atoms with van der Waals surface area (Å²) in [5.74, 6) is 1.50. The predicted molar refractivity (Wildman–Crippen MR) is 98.2 cm³/mol. The van der Waals surface area contributed by atoms with Gasteiger partial charge in [-0.2, -0.15) is 0 Å². The minimum atomic E-state index is 0. The number of nitrogens with one attached hydrogen (secondary N) is 2. The molecule has 0 aromatic rings. The maximum Gasteiger partial charge on any atom is 0.191 e. The Morgan fingerprint density at radius 2 is 1.90 bits per heavy atom. The van der Waals surface area contributed by atoms with Crippen LogP contribution in [0.25, 0.3) is 0 Å². The normalized spacial score (nSPS) is 13.3. The molecular formula is C14H33IN4O. The molecule has 0 radical (unpaired) electrons. The minimum Gasteiger partial charge on any atom is -0.383 e. The first-order valence-corrected chi connectivity index (χ1v) is 7.23. The van der Waals surface area contributed by atoms with Crippen LogP contribution in [0, 0.1) is 5.92 Å². The molecule has 5 nitrogen and oxygen atoms in total. The summed E-state index contributed by atoms with van der Waals surface area (Å²) >= 11 is 0. The number of likely N-dealkylation sites (N-methyl/N-ethyl adjacent to an activating group) is 1. The maximum atomic E-state index is 5.06. The third-order valence-electron chi connectivity index (χ3n) is 3.14. The molecule has 2 N–H and O–H groups in total. The summed E-state index contributed by atoms with van der Waals surface area (Å²) in [4.78, 5) is 6.82. The summed E-state index contributed by atoms with van der Waals surface area (Å²) in [6.45, 7) is 13.0. The highest BCUT2D eigenvalue weighted by Gasteiger charge is 2.08. The van der Waals surface area contributed by atoms with Crippen molar-refractivity contribution in [1.82, 2.24) is 15.5 Å². The standard InChI is InChI=1S/C14H32N4O.HI/c1-7-15-14(17-13(4)12(2)3)16-8-9-18(5)10-11-19-6;/h12-13H,7-11H2,1-6H3,(H2,15,16,17);1H. The summed E-state index contributed by atoms with van der Waals surface area (Å²) in [5.41, 5.74) is 0. The van der Waals surface area contributed by atoms with Crippen molar-refractivity contribution in [2.75, 3.05) is 46.9 Å². The zero-order chi connectivity index (χ0) is 14.7. The van der Waals surface area contributed by atoms with Gasteiger partial charge in [0.2, 0.25) is 0 Å². The van der Waals surface area contributed by atoms with Crippen molar-refractivity contribution in [2.45, 2.75) is 33.7 Å². The molecule has 0 aliphatic rings. The number of ether oxygens (including phenoxy) is 1. The number of halogens is 1. The number of nitrogens with zero attached hydrogens (tertiary/aromatic N) is 2. The smallest absolute Gasteiger partial charge is 0.191 e. The second-order valence-electron chi connectivity index (χ2n) is 5.23. The largest absolute Gasteiger partial charge is 0.383 e. The fourth-order valence-electron chi connectivity index (χ4n) is 1.39. The molecule has 20 heavy (non-hydrogen) atoms. The van der Waals surface area contributed by atoms with Crippen molar-refractivity contribution in [3.05, 3.63) is 0 Å². The number of hydrogen-bond acceptors (Lipinski definition) is 3. The Bertz CT molecular complexity index is 249. The van der Waals surface area contributed by atoms with Gasteiger partial charge in [0, 0.05) is 32.8 Å². The van der Waals surface area contributed by atoms with Crippen LogP contribution in [0.1, 0.15) is 27.7 Å². The van der Waals surface area contributed by atoms with E-state index in [1.165, 1.54) is 0 Å². The Balaban J connectivity index is 0. The van der Waals surface area contributed by atoms with Crippen LogP contribution in [0.5, 0.6) is 0 Å². The van der Waals surface area contributed by atoms with Crippen LogP contribution in [-0.2, 0) is 4.74 Å². The molecule has 0 saturated heterocycles. The number of guanidine groups is 1. The molecule has 0 fully saturated rings. The molecule has 0 spiro atoms. The zero-order valence-corrected chi connectivity index (χ0v) is 16.2. The van der Waals surface area contributed by atoms with Crippen LogP contribution in [0.4, 0.5) is 0 Å². The van der Waals surface area contributed by atoms with Crippen molar-refractivity contribution >= 4 is 29.9 Å². The van der Waals surface area contributed by atoms with Crippen LogP contribution >= 0.6 is 24.0 Å². The highest BCUT2D eigenvalue weighted by molar-refractivity contribution is 14.0. The van der Waals surface area contributed by atoms with Gasteiger partial charge in [0.05, 0.1) is 13.2 Å². The van der Waals surface area contributed by atoms with Crippen LogP contribution in [0.3, 0.4) is 0 Å². The van der Waals surface area contributed by atoms with Gasteiger partial charge < -0.3 is 20.3 Å². The van der Waals surface area contributed by atoms with Crippen LogP contribution < -0.4 is 10.6 Å². The number of hydrogen-bond donors (Lipinski definition) is 2. The highest BCUT2D eigenvalue weighted by Crippen LogP contribution is 1.99. The second-order valence-corrected chi connectivity index (χ2v) is 5.23. The molecule has 0 aromatic carbocycles. The predicted octanol–water partition coefficient (Wildman–Crippen LogP) is 1.78. The van der Waals surface area contributed by atoms with Crippen molar-refractivity contribution in [2.24, 2.45) is 10.9 Å². The second kappa shape index (κ2) is 13.9. The molecule has 0 aliphatic heterocycles. The Kier molecular flexibility index (Phi) is 15.4. The highest BCUT2D eigenvalue weighted by atomic mass is 127. The lowest BCUT2D eigenvalue weighted by Gasteiger charge is -2.21. The van der Waals surface area contributed by atoms with Crippen molar-refractivity contribution in [3.63, 3.8) is 0 Å². The average molecular weight is 400 g/mol. The minimum absolute atomic E-state index is 0. The van der Waals surface area contributed by atoms with Crippen molar-refractivity contribution < 1.29 is 4.74 Å². The van der Waals surface area contributed by atoms with Crippen molar-refractivity contribution in [3.8, 4) is 0 Å². The van der Waals surface area contributed by atoms with Gasteiger partial charge in [-0.25, -0.2) is 0 Å². The van der Waals surface area contributed by atoms with Gasteiger partial charge in [0.1, 0.15) is 0 Å². The molecule has 1 atom stereocenters. The summed E-state index contributed by atoms with van der Waals surface area (Å²) in [6, 6.07) is 0.420. The SMILES string of the molecule is CCNC(=NCCN(C)CCOC)NC(C)C(C)C.I. The quantitative estimate of drug-likeness (QED) is 0.352. The molecule has 0 amide bonds. The van der Waals surface area contributed by atoms with Crippen LogP contribution in [0.15, 0.2) is 4.99 Å². The summed E-state index contributed by atoms with van der Waals surface area (Å²) in [5, 5.41) is 6.71. The maximum absolute atomic E-state index is 5.06. The molecule has 0 rings (SSSR count). The monoisotopic (exact) mass is 400 g/mol. The molecule has 0 heterocycles. The lowest BCUT2D eigenvalue weighted by Crippen LogP contribution is -2.44. The first kappa shape index (κ1) is 22.2. The number of aliphatic imine (C=N–C) groups is 1. The van der Waals surface area contributed by atoms with E-state index >= 15 is 0 Å². The number of rotatable bonds is 9. The third-order valence-corrected chi connectivity index (χ3v) is 3.14. The van der Waals surface area contributed by atoms with E-state index in [9.17, 15) is 0 Å². The molecule has 0 aromatic heterocycles. The van der Waals surface area contributed by atoms with E-state index in [1.54, 1.807) is 7.11 Å². The lowest BCUT2D eigenvalue weighted by molar-refractivity contribution is 0.163. The molecule has 0 aliphatic carbocycles. The first-order chi connectivity index (χ1) is 9.01. The van der Waals surface area contributed by atoms with Gasteiger partial charge in [-0.05, 0) is 26.8 Å². The van der Waals surface area contributed by atoms with E-state index in [-0.39, 0.29) is 24.0 Å². The summed E-state index contributed by atoms with van der Waals surface area (Å²) in [7, 11) is 3.82. The van der Waals surface area contributed by atoms with E-state index in [4.69, 9.17) is 4.74 Å². The fraction of sp³-hybridized carbons (Fsp3) is 0.929. The number of methoxy groups -OCH3 is 1. The average Bonchev–Trinajstić information content (AvgIpc) is 2.36. The Morgan fingerprint density at radius 1 is 1.25 bits per heavy atom. The van der Waals surface area contributed by atoms with Gasteiger partial charge in [0.25, 0.3) is 0 Å². The first-order valence-electron chi connectivity index (χ1n) is 7.23. The molecular weight excluding hydrogens is 367 g/mol. The van der Waals surface area contributed by atoms with E-state index < -0.39 is 0 Å². The zero-order valence-electron chi connectivity index (χ0n) is 13.9. The van der Waals surface area contributed by atoms with Gasteiger partial charge in [-0.1, -0.05) is 13.8 Å². The van der Waals surface area contributed by atoms with Gasteiger partial charge in [-0.15, -0.1) is 24.0 Å². The molecule has 0 bridgehead atoms. The molecule has 0 saturated carbocycles. The summed E-state index contributed by atoms with van der Waals surface area (Å²) in [6.07, 6.45) is 0. The Hall–Kier alpha value is -0.0800. The van der Waals surface area contributed by atoms with Gasteiger partial charge in [0.15, 0.2) is 5.96 Å². The lowest BCUT2D eigenvalue weighted by atomic mass is 10.1. The van der Waals surface area contributed by atoms with E-state index in [2.05, 4.69) is 55.3 Å². The Morgan fingerprint density at radius 3 is 2.40 bits per heavy atom. The van der Waals surface area contributed by atoms with Gasteiger partial charge >= 0.3 is 0 Å². The van der Waals surface area contributed by atoms with E-state index in [0.717, 1.165) is 38.7 Å². The van der Waals surface area contributed by atoms with Crippen molar-refractivity contribution in [1.29, 1.82) is 0 Å². The molecule has 1 unspecified atom stereocenters. The molecule has 6 heteroatoms. The fourth-order valence-corrected chi connectivity index (χ4v) is 1.39. The van der Waals surface area contributed by atoms with Crippen LogP contribution in [0.2, 0.25) is 0 Å². The van der Waals surface area contributed by atoms with E-state index in [0.29, 0.717) is 12.0 Å². The van der Waals surface area contributed by atoms with Crippen LogP contribution in [-0.4, -0.2) is 63.8 Å². The third kappa shape index (κ3) is 11.7. The van der Waals surface area contributed by atoms with E-state index in [1.807, 2.05) is 0 Å².